The molecule has 184 valence electrons. The molecule has 3 heterocycles. The summed E-state index contributed by atoms with van der Waals surface area (Å²) >= 11 is 0. The van der Waals surface area contributed by atoms with Crippen LogP contribution < -0.4 is 15.8 Å². The molecule has 1 aliphatic rings. The van der Waals surface area contributed by atoms with Gasteiger partial charge in [0.2, 0.25) is 5.76 Å². The number of aliphatic hydroxyl groups is 1. The van der Waals surface area contributed by atoms with Crippen LogP contribution in [0.2, 0.25) is 0 Å². The molecule has 0 atom stereocenters. The van der Waals surface area contributed by atoms with Crippen LogP contribution in [0.25, 0.3) is 11.3 Å². The number of ether oxygens (including phenoxy) is 2. The lowest BCUT2D eigenvalue weighted by Gasteiger charge is -2.22. The SMILES string of the molecule is CC(C)N.O=C(NC1CCOCC1)c1cc(OCc2c(-c3ccc(F)cc3)noc2CO)no1. The number of nitrogens with one attached hydrogen (secondary N) is 1. The third-order valence-corrected chi connectivity index (χ3v) is 4.76. The van der Waals surface area contributed by atoms with E-state index in [1.807, 2.05) is 13.8 Å². The highest BCUT2D eigenvalue weighted by Gasteiger charge is 2.22. The van der Waals surface area contributed by atoms with Gasteiger partial charge in [0.05, 0.1) is 11.6 Å². The molecule has 3 aromatic rings. The average molecular weight is 477 g/mol. The van der Waals surface area contributed by atoms with Crippen LogP contribution >= 0.6 is 0 Å². The zero-order chi connectivity index (χ0) is 24.5. The maximum atomic E-state index is 13.2. The Morgan fingerprint density at radius 2 is 1.91 bits per heavy atom. The highest BCUT2D eigenvalue weighted by atomic mass is 19.1. The van der Waals surface area contributed by atoms with E-state index in [0.717, 1.165) is 12.8 Å². The number of carbonyl (C=O) groups is 1. The van der Waals surface area contributed by atoms with E-state index in [0.29, 0.717) is 36.1 Å². The highest BCUT2D eigenvalue weighted by Crippen LogP contribution is 2.27. The fraction of sp³-hybridized carbons (Fsp3) is 0.435. The molecule has 1 aliphatic heterocycles. The number of nitrogens with two attached hydrogens (primary N) is 1. The summed E-state index contributed by atoms with van der Waals surface area (Å²) in [5.74, 6) is -0.408. The molecule has 34 heavy (non-hydrogen) atoms. The molecule has 0 bridgehead atoms. The normalized spacial score (nSPS) is 13.9. The van der Waals surface area contributed by atoms with Crippen LogP contribution in [-0.4, -0.2) is 46.6 Å². The fourth-order valence-electron chi connectivity index (χ4n) is 3.13. The van der Waals surface area contributed by atoms with Gasteiger partial charge in [0.15, 0.2) is 5.76 Å². The molecule has 0 spiro atoms. The van der Waals surface area contributed by atoms with Gasteiger partial charge in [-0.15, -0.1) is 0 Å². The largest absolute Gasteiger partial charge is 0.470 e. The molecule has 0 unspecified atom stereocenters. The molecule has 0 aliphatic carbocycles. The monoisotopic (exact) mass is 476 g/mol. The van der Waals surface area contributed by atoms with E-state index >= 15 is 0 Å². The topological polar surface area (TPSA) is 146 Å². The summed E-state index contributed by atoms with van der Waals surface area (Å²) in [7, 11) is 0. The van der Waals surface area contributed by atoms with E-state index in [9.17, 15) is 14.3 Å². The van der Waals surface area contributed by atoms with Crippen LogP contribution in [0.4, 0.5) is 4.39 Å². The van der Waals surface area contributed by atoms with Crippen LogP contribution in [0.3, 0.4) is 0 Å². The molecule has 1 saturated heterocycles. The Balaban J connectivity index is 0.000000751. The van der Waals surface area contributed by atoms with E-state index < -0.39 is 0 Å². The van der Waals surface area contributed by atoms with Crippen molar-refractivity contribution in [3.05, 3.63) is 53.2 Å². The number of amides is 1. The van der Waals surface area contributed by atoms with E-state index in [1.165, 1.54) is 18.2 Å². The zero-order valence-corrected chi connectivity index (χ0v) is 19.1. The lowest BCUT2D eigenvalue weighted by atomic mass is 10.1. The minimum atomic E-state index is -0.384. The Hall–Kier alpha value is -3.28. The number of carbonyl (C=O) groups excluding carboxylic acids is 1. The van der Waals surface area contributed by atoms with Gasteiger partial charge in [0, 0.05) is 24.8 Å². The van der Waals surface area contributed by atoms with E-state index in [4.69, 9.17) is 24.3 Å². The molecule has 4 rings (SSSR count). The Labute approximate surface area is 196 Å². The van der Waals surface area contributed by atoms with Crippen molar-refractivity contribution in [3.8, 4) is 17.1 Å². The second kappa shape index (κ2) is 12.3. The standard InChI is InChI=1S/C20H20FN3O6.C3H9N/c21-13-3-1-12(2-4-13)19-15(17(10-25)30-24-19)11-28-18-9-16(29-23-18)20(26)22-14-5-7-27-8-6-14;1-3(2)4/h1-4,9,14,25H,5-8,10-11H2,(H,22,26);3H,4H2,1-2H3. The minimum Gasteiger partial charge on any atom is -0.470 e. The van der Waals surface area contributed by atoms with Gasteiger partial charge in [-0.3, -0.25) is 4.79 Å². The van der Waals surface area contributed by atoms with Crippen molar-refractivity contribution in [1.82, 2.24) is 15.6 Å². The minimum absolute atomic E-state index is 0.0305. The lowest BCUT2D eigenvalue weighted by molar-refractivity contribution is 0.0679. The second-order valence-electron chi connectivity index (χ2n) is 8.02. The molecule has 11 heteroatoms. The van der Waals surface area contributed by atoms with Crippen LogP contribution in [0.15, 0.2) is 39.4 Å². The Morgan fingerprint density at radius 1 is 1.24 bits per heavy atom. The number of aromatic nitrogens is 2. The number of hydrogen-bond acceptors (Lipinski definition) is 9. The van der Waals surface area contributed by atoms with Crippen LogP contribution in [-0.2, 0) is 18.0 Å². The summed E-state index contributed by atoms with van der Waals surface area (Å²) in [5.41, 5.74) is 6.62. The zero-order valence-electron chi connectivity index (χ0n) is 19.1. The van der Waals surface area contributed by atoms with Crippen molar-refractivity contribution in [2.75, 3.05) is 13.2 Å². The first-order valence-corrected chi connectivity index (χ1v) is 10.9. The Kier molecular flexibility index (Phi) is 9.14. The second-order valence-corrected chi connectivity index (χ2v) is 8.02. The number of halogens is 1. The molecule has 0 saturated carbocycles. The summed E-state index contributed by atoms with van der Waals surface area (Å²) in [5, 5.41) is 20.1. The number of rotatable bonds is 7. The van der Waals surface area contributed by atoms with Gasteiger partial charge >= 0.3 is 0 Å². The number of hydrogen-bond donors (Lipinski definition) is 3. The first kappa shape index (κ1) is 25.3. The molecule has 1 fully saturated rings. The van der Waals surface area contributed by atoms with E-state index in [2.05, 4.69) is 15.6 Å². The van der Waals surface area contributed by atoms with Crippen molar-refractivity contribution >= 4 is 5.91 Å². The molecule has 2 aromatic heterocycles. The Bertz CT molecular complexity index is 1040. The van der Waals surface area contributed by atoms with Gasteiger partial charge in [-0.25, -0.2) is 4.39 Å². The molecular formula is C23H29FN4O6. The van der Waals surface area contributed by atoms with Gasteiger partial charge in [-0.2, -0.15) is 0 Å². The third-order valence-electron chi connectivity index (χ3n) is 4.76. The van der Waals surface area contributed by atoms with Crippen molar-refractivity contribution in [2.45, 2.75) is 52.0 Å². The van der Waals surface area contributed by atoms with Crippen molar-refractivity contribution < 1.29 is 32.8 Å². The smallest absolute Gasteiger partial charge is 0.290 e. The summed E-state index contributed by atoms with van der Waals surface area (Å²) in [6.45, 7) is 4.68. The van der Waals surface area contributed by atoms with Crippen molar-refractivity contribution in [2.24, 2.45) is 5.73 Å². The van der Waals surface area contributed by atoms with Crippen molar-refractivity contribution in [1.29, 1.82) is 0 Å². The van der Waals surface area contributed by atoms with Crippen LogP contribution in [0, 0.1) is 5.82 Å². The van der Waals surface area contributed by atoms with Gasteiger partial charge in [0.25, 0.3) is 11.8 Å². The van der Waals surface area contributed by atoms with Gasteiger partial charge in [-0.05, 0) is 48.3 Å². The quantitative estimate of drug-likeness (QED) is 0.468. The molecule has 10 nitrogen and oxygen atoms in total. The molecule has 4 N–H and O–H groups in total. The van der Waals surface area contributed by atoms with Crippen molar-refractivity contribution in [3.63, 3.8) is 0 Å². The van der Waals surface area contributed by atoms with E-state index in [-0.39, 0.29) is 48.4 Å². The first-order valence-electron chi connectivity index (χ1n) is 10.9. The number of nitrogens with zero attached hydrogens (tertiary/aromatic N) is 2. The predicted molar refractivity (Wildman–Crippen MR) is 119 cm³/mol. The Morgan fingerprint density at radius 3 is 2.56 bits per heavy atom. The van der Waals surface area contributed by atoms with Gasteiger partial charge in [0.1, 0.15) is 24.7 Å². The highest BCUT2D eigenvalue weighted by molar-refractivity contribution is 5.91. The maximum Gasteiger partial charge on any atom is 0.290 e. The summed E-state index contributed by atoms with van der Waals surface area (Å²) < 4.78 is 34.3. The summed E-state index contributed by atoms with van der Waals surface area (Å²) in [6, 6.07) is 7.45. The fourth-order valence-corrected chi connectivity index (χ4v) is 3.13. The maximum absolute atomic E-state index is 13.2. The average Bonchev–Trinajstić information content (AvgIpc) is 3.45. The number of benzene rings is 1. The van der Waals surface area contributed by atoms with E-state index in [1.54, 1.807) is 12.1 Å². The van der Waals surface area contributed by atoms with Gasteiger partial charge in [-0.1, -0.05) is 19.0 Å². The molecule has 1 amide bonds. The van der Waals surface area contributed by atoms with Gasteiger partial charge < -0.3 is 34.7 Å². The molecular weight excluding hydrogens is 447 g/mol. The first-order chi connectivity index (χ1) is 16.4. The third kappa shape index (κ3) is 7.11. The molecule has 1 aromatic carbocycles. The number of aliphatic hydroxyl groups excluding tert-OH is 1. The lowest BCUT2D eigenvalue weighted by Crippen LogP contribution is -2.38. The molecule has 0 radical (unpaired) electrons. The van der Waals surface area contributed by atoms with Crippen LogP contribution in [0.5, 0.6) is 5.88 Å². The predicted octanol–water partition coefficient (Wildman–Crippen LogP) is 2.80. The summed E-state index contributed by atoms with van der Waals surface area (Å²) in [4.78, 5) is 12.3. The summed E-state index contributed by atoms with van der Waals surface area (Å²) in [6.07, 6.45) is 1.49. The van der Waals surface area contributed by atoms with Crippen LogP contribution in [0.1, 0.15) is 48.6 Å².